The Kier molecular flexibility index (Phi) is 12.2. The average molecular weight is 821 g/mol. The lowest BCUT2D eigenvalue weighted by molar-refractivity contribution is -0.143. The second-order valence-corrected chi connectivity index (χ2v) is 18.6. The topological polar surface area (TPSA) is 18.5 Å². The lowest BCUT2D eigenvalue weighted by Gasteiger charge is -2.36. The van der Waals surface area contributed by atoms with E-state index in [1.165, 1.54) is 13.0 Å². The van der Waals surface area contributed by atoms with Crippen LogP contribution in [0.2, 0.25) is 0 Å². The van der Waals surface area contributed by atoms with E-state index < -0.39 is 56.7 Å². The van der Waals surface area contributed by atoms with Crippen molar-refractivity contribution in [1.82, 2.24) is 0 Å². The lowest BCUT2D eigenvalue weighted by Crippen LogP contribution is -2.32. The third-order valence-electron chi connectivity index (χ3n) is 10.3. The van der Waals surface area contributed by atoms with Crippen molar-refractivity contribution in [3.05, 3.63) is 137 Å². The minimum atomic E-state index is -5.13. The molecule has 4 atom stereocenters. The summed E-state index contributed by atoms with van der Waals surface area (Å²) >= 11 is 0. The fourth-order valence-electron chi connectivity index (χ4n) is 7.93. The highest BCUT2D eigenvalue weighted by Crippen LogP contribution is 2.55. The Morgan fingerprint density at radius 2 is 1.02 bits per heavy atom. The maximum absolute atomic E-state index is 14.3. The molecule has 13 heteroatoms. The van der Waals surface area contributed by atoms with Crippen LogP contribution in [0, 0.1) is 12.8 Å². The maximum atomic E-state index is 14.3. The van der Waals surface area contributed by atoms with Gasteiger partial charge in [0.1, 0.15) is 11.5 Å². The molecule has 0 radical (unpaired) electrons. The Labute approximate surface area is 322 Å². The monoisotopic (exact) mass is 820 g/mol. The molecule has 0 aliphatic heterocycles. The highest BCUT2D eigenvalue weighted by molar-refractivity contribution is 7.80. The standard InChI is InChI=1S/C43H39F9O2P2/c1-26-20-28(41(44,45)46)23-31(21-26)55(32-24-29(42(47,48)49)22-30(25-32)43(50,51)52)27(2)33-13-11-14-34(33)35-12-5-8-17-38(35)56(39-18-9-6-15-36(39)53-3)40-19-10-7-16-37(40)54-4/h5-10,12,15-25,27,33-34H,11,13-14H2,1-4H3. The highest BCUT2D eigenvalue weighted by Gasteiger charge is 2.43. The minimum Gasteiger partial charge on any atom is -0.496 e. The van der Waals surface area contributed by atoms with Gasteiger partial charge in [-0.25, -0.2) is 0 Å². The van der Waals surface area contributed by atoms with E-state index in [2.05, 4.69) is 0 Å². The van der Waals surface area contributed by atoms with Crippen LogP contribution in [0.4, 0.5) is 39.5 Å². The average Bonchev–Trinajstić information content (AvgIpc) is 3.64. The Hall–Kier alpha value is -4.07. The van der Waals surface area contributed by atoms with Crippen LogP contribution in [0.5, 0.6) is 11.5 Å². The van der Waals surface area contributed by atoms with Gasteiger partial charge in [0.05, 0.1) is 30.9 Å². The van der Waals surface area contributed by atoms with Gasteiger partial charge in [-0.2, -0.15) is 39.5 Å². The molecule has 1 aliphatic rings. The molecule has 5 aromatic rings. The zero-order valence-electron chi connectivity index (χ0n) is 30.9. The number of methoxy groups -OCH3 is 2. The van der Waals surface area contributed by atoms with E-state index >= 15 is 0 Å². The molecule has 6 rings (SSSR count). The van der Waals surface area contributed by atoms with E-state index in [1.54, 1.807) is 21.1 Å². The van der Waals surface area contributed by atoms with Gasteiger partial charge in [-0.1, -0.05) is 80.1 Å². The third-order valence-corrected chi connectivity index (χ3v) is 15.8. The van der Waals surface area contributed by atoms with Gasteiger partial charge in [0.15, 0.2) is 0 Å². The first-order valence-electron chi connectivity index (χ1n) is 17.8. The molecule has 1 saturated carbocycles. The van der Waals surface area contributed by atoms with E-state index in [-0.39, 0.29) is 34.1 Å². The molecule has 5 aromatic carbocycles. The van der Waals surface area contributed by atoms with Gasteiger partial charge >= 0.3 is 18.5 Å². The number of aryl methyl sites for hydroxylation is 1. The Balaban J connectivity index is 1.56. The molecule has 0 aromatic heterocycles. The van der Waals surface area contributed by atoms with Crippen LogP contribution in [0.1, 0.15) is 59.9 Å². The molecule has 0 saturated heterocycles. The molecular formula is C43H39F9O2P2. The first kappa shape index (κ1) is 41.6. The number of ether oxygens (including phenoxy) is 2. The molecule has 0 amide bonds. The summed E-state index contributed by atoms with van der Waals surface area (Å²) in [5, 5.41) is 2.58. The molecule has 0 bridgehead atoms. The molecule has 296 valence electrons. The van der Waals surface area contributed by atoms with Gasteiger partial charge in [-0.3, -0.25) is 0 Å². The van der Waals surface area contributed by atoms with Crippen molar-refractivity contribution in [2.24, 2.45) is 5.92 Å². The summed E-state index contributed by atoms with van der Waals surface area (Å²) in [6.45, 7) is 3.21. The van der Waals surface area contributed by atoms with Crippen LogP contribution < -0.4 is 36.0 Å². The summed E-state index contributed by atoms with van der Waals surface area (Å²) in [5.41, 5.74) is -3.49. The number of benzene rings is 5. The largest absolute Gasteiger partial charge is 0.496 e. The molecule has 0 heterocycles. The van der Waals surface area contributed by atoms with Crippen molar-refractivity contribution >= 4 is 42.4 Å². The number of hydrogen-bond acceptors (Lipinski definition) is 2. The molecule has 56 heavy (non-hydrogen) atoms. The van der Waals surface area contributed by atoms with Crippen molar-refractivity contribution < 1.29 is 49.0 Å². The zero-order valence-corrected chi connectivity index (χ0v) is 32.6. The number of halogens is 9. The Morgan fingerprint density at radius 3 is 1.52 bits per heavy atom. The summed E-state index contributed by atoms with van der Waals surface area (Å²) in [6.07, 6.45) is -13.1. The van der Waals surface area contributed by atoms with Gasteiger partial charge in [-0.15, -0.1) is 0 Å². The number of rotatable bonds is 10. The van der Waals surface area contributed by atoms with E-state index in [0.29, 0.717) is 42.9 Å². The van der Waals surface area contributed by atoms with Gasteiger partial charge in [-0.05, 0) is 123 Å². The first-order chi connectivity index (χ1) is 26.4. The lowest BCUT2D eigenvalue weighted by atomic mass is 9.87. The highest BCUT2D eigenvalue weighted by atomic mass is 31.1. The predicted octanol–water partition coefficient (Wildman–Crippen LogP) is 11.2. The Bertz CT molecular complexity index is 2080. The van der Waals surface area contributed by atoms with Gasteiger partial charge in [0.25, 0.3) is 0 Å². The summed E-state index contributed by atoms with van der Waals surface area (Å²) < 4.78 is 140. The fourth-order valence-corrected chi connectivity index (χ4v) is 13.8. The van der Waals surface area contributed by atoms with E-state index in [0.717, 1.165) is 33.6 Å². The molecule has 1 fully saturated rings. The first-order valence-corrected chi connectivity index (χ1v) is 20.6. The van der Waals surface area contributed by atoms with Gasteiger partial charge in [0.2, 0.25) is 0 Å². The van der Waals surface area contributed by atoms with Crippen LogP contribution in [0.3, 0.4) is 0 Å². The van der Waals surface area contributed by atoms with Crippen molar-refractivity contribution in [3.63, 3.8) is 0 Å². The van der Waals surface area contributed by atoms with Gasteiger partial charge < -0.3 is 9.47 Å². The Morgan fingerprint density at radius 1 is 0.571 bits per heavy atom. The maximum Gasteiger partial charge on any atom is 0.416 e. The second-order valence-electron chi connectivity index (χ2n) is 13.9. The molecule has 2 nitrogen and oxygen atoms in total. The number of alkyl halides is 9. The van der Waals surface area contributed by atoms with E-state index in [4.69, 9.17) is 9.47 Å². The zero-order chi connectivity index (χ0) is 40.6. The predicted molar refractivity (Wildman–Crippen MR) is 207 cm³/mol. The van der Waals surface area contributed by atoms with Crippen molar-refractivity contribution in [2.75, 3.05) is 14.2 Å². The summed E-state index contributed by atoms with van der Waals surface area (Å²) in [6, 6.07) is 27.9. The van der Waals surface area contributed by atoms with Crippen LogP contribution >= 0.6 is 15.8 Å². The molecule has 1 aliphatic carbocycles. The van der Waals surface area contributed by atoms with Gasteiger partial charge in [0, 0.05) is 10.6 Å². The molecule has 4 unspecified atom stereocenters. The fraction of sp³-hybridized carbons (Fsp3) is 0.302. The molecule has 0 N–H and O–H groups in total. The van der Waals surface area contributed by atoms with E-state index in [1.807, 2.05) is 72.8 Å². The van der Waals surface area contributed by atoms with Crippen molar-refractivity contribution in [3.8, 4) is 11.5 Å². The van der Waals surface area contributed by atoms with Crippen molar-refractivity contribution in [2.45, 2.75) is 63.2 Å². The van der Waals surface area contributed by atoms with Crippen LogP contribution in [0.15, 0.2) is 109 Å². The van der Waals surface area contributed by atoms with Crippen molar-refractivity contribution in [1.29, 1.82) is 0 Å². The summed E-state index contributed by atoms with van der Waals surface area (Å²) in [7, 11) is -0.387. The number of hydrogen-bond donors (Lipinski definition) is 0. The summed E-state index contributed by atoms with van der Waals surface area (Å²) in [5.74, 6) is 0.779. The second kappa shape index (κ2) is 16.4. The third kappa shape index (κ3) is 8.74. The summed E-state index contributed by atoms with van der Waals surface area (Å²) in [4.78, 5) is 0. The normalized spacial score (nSPS) is 17.5. The van der Waals surface area contributed by atoms with Crippen LogP contribution in [-0.2, 0) is 18.5 Å². The van der Waals surface area contributed by atoms with E-state index in [9.17, 15) is 39.5 Å². The van der Waals surface area contributed by atoms with Crippen LogP contribution in [0.25, 0.3) is 0 Å². The smallest absolute Gasteiger partial charge is 0.416 e. The quantitative estimate of drug-likeness (QED) is 0.103. The molecular weight excluding hydrogens is 781 g/mol. The SMILES string of the molecule is COc1ccccc1P(c1ccccc1OC)c1ccccc1C1CCCC1C(C)P(c1cc(C)cc(C(F)(F)F)c1)c1cc(C(F)(F)F)cc(C(F)(F)F)c1. The molecule has 0 spiro atoms. The van der Waals surface area contributed by atoms with Crippen LogP contribution in [-0.4, -0.2) is 19.9 Å². The number of para-hydroxylation sites is 2. The minimum absolute atomic E-state index is 0.0612.